The van der Waals surface area contributed by atoms with Gasteiger partial charge in [-0.1, -0.05) is 30.3 Å². The second kappa shape index (κ2) is 12.1. The lowest BCUT2D eigenvalue weighted by Gasteiger charge is -2.31. The summed E-state index contributed by atoms with van der Waals surface area (Å²) < 4.78 is 57.8. The molecule has 1 saturated heterocycles. The highest BCUT2D eigenvalue weighted by molar-refractivity contribution is 7.90. The summed E-state index contributed by atoms with van der Waals surface area (Å²) in [7, 11) is -3.96. The summed E-state index contributed by atoms with van der Waals surface area (Å²) in [6.07, 6.45) is 0.296. The Labute approximate surface area is 208 Å². The number of carbonyl (C=O) groups excluding carboxylic acids is 1. The van der Waals surface area contributed by atoms with E-state index < -0.39 is 38.6 Å². The van der Waals surface area contributed by atoms with E-state index in [-0.39, 0.29) is 31.3 Å². The maximum atomic E-state index is 14.7. The predicted molar refractivity (Wildman–Crippen MR) is 127 cm³/mol. The van der Waals surface area contributed by atoms with Crippen molar-refractivity contribution in [1.29, 1.82) is 0 Å². The maximum Gasteiger partial charge on any atom is 0.410 e. The van der Waals surface area contributed by atoms with Gasteiger partial charge in [0.15, 0.2) is 9.84 Å². The minimum Gasteiger partial charge on any atom is -0.465 e. The second-order valence-corrected chi connectivity index (χ2v) is 10.6. The van der Waals surface area contributed by atoms with Crippen molar-refractivity contribution in [3.63, 3.8) is 0 Å². The Balaban J connectivity index is 1.67. The van der Waals surface area contributed by atoms with Crippen LogP contribution in [0.15, 0.2) is 47.4 Å². The first-order valence-electron chi connectivity index (χ1n) is 11.4. The molecule has 0 spiro atoms. The zero-order valence-corrected chi connectivity index (χ0v) is 20.6. The van der Waals surface area contributed by atoms with Gasteiger partial charge in [0.25, 0.3) is 0 Å². The largest absolute Gasteiger partial charge is 0.465 e. The summed E-state index contributed by atoms with van der Waals surface area (Å²) in [5, 5.41) is 12.3. The number of ether oxygens (including phenoxy) is 1. The highest BCUT2D eigenvalue weighted by atomic mass is 32.2. The molecule has 1 heterocycles. The number of sulfone groups is 1. The van der Waals surface area contributed by atoms with E-state index in [1.54, 1.807) is 24.3 Å². The number of benzene rings is 2. The molecule has 2 N–H and O–H groups in total. The zero-order valence-electron chi connectivity index (χ0n) is 19.8. The van der Waals surface area contributed by atoms with E-state index >= 15 is 0 Å². The van der Waals surface area contributed by atoms with E-state index in [0.29, 0.717) is 38.5 Å². The molecule has 3 rings (SSSR count). The van der Waals surface area contributed by atoms with Crippen LogP contribution in [0.4, 0.5) is 18.4 Å². The van der Waals surface area contributed by atoms with E-state index in [0.717, 1.165) is 17.9 Å². The Morgan fingerprint density at radius 1 is 1.14 bits per heavy atom. The van der Waals surface area contributed by atoms with Crippen molar-refractivity contribution in [3.8, 4) is 0 Å². The molecule has 0 unspecified atom stereocenters. The van der Waals surface area contributed by atoms with Crippen LogP contribution in [0.2, 0.25) is 0 Å². The van der Waals surface area contributed by atoms with E-state index in [1.807, 2.05) is 6.07 Å². The molecule has 0 saturated carbocycles. The number of rotatable bonds is 9. The van der Waals surface area contributed by atoms with Crippen molar-refractivity contribution in [2.75, 3.05) is 32.4 Å². The minimum atomic E-state index is -3.96. The van der Waals surface area contributed by atoms with Gasteiger partial charge in [-0.2, -0.15) is 0 Å². The lowest BCUT2D eigenvalue weighted by molar-refractivity contribution is 0.0922. The fourth-order valence-corrected chi connectivity index (χ4v) is 4.64. The van der Waals surface area contributed by atoms with Gasteiger partial charge in [0.1, 0.15) is 23.1 Å². The number of likely N-dealkylation sites (tertiary alicyclic amines) is 1. The van der Waals surface area contributed by atoms with Crippen LogP contribution in [0.5, 0.6) is 0 Å². The zero-order chi connectivity index (χ0) is 26.3. The number of nitrogens with one attached hydrogen (secondary N) is 1. The fourth-order valence-electron chi connectivity index (χ4n) is 3.90. The van der Waals surface area contributed by atoms with E-state index in [9.17, 15) is 26.8 Å². The summed E-state index contributed by atoms with van der Waals surface area (Å²) in [5.74, 6) is -2.05. The maximum absolute atomic E-state index is 14.7. The van der Waals surface area contributed by atoms with Crippen LogP contribution >= 0.6 is 0 Å². The average Bonchev–Trinajstić information content (AvgIpc) is 2.84. The molecule has 12 heteroatoms. The molecular weight excluding hydrogens is 496 g/mol. The van der Waals surface area contributed by atoms with Crippen LogP contribution in [-0.2, 0) is 27.7 Å². The molecule has 2 aromatic carbocycles. The number of nitrogens with zero attached hydrogens (tertiary/aromatic N) is 2. The number of halogens is 2. The topological polar surface area (TPSA) is 116 Å². The lowest BCUT2D eigenvalue weighted by atomic mass is 10.1. The number of amides is 2. The molecule has 36 heavy (non-hydrogen) atoms. The van der Waals surface area contributed by atoms with Gasteiger partial charge in [0, 0.05) is 44.0 Å². The van der Waals surface area contributed by atoms with Crippen molar-refractivity contribution < 1.29 is 36.6 Å². The summed E-state index contributed by atoms with van der Waals surface area (Å²) >= 11 is 0. The van der Waals surface area contributed by atoms with Gasteiger partial charge in [0.05, 0.1) is 6.54 Å². The average molecular weight is 526 g/mol. The Morgan fingerprint density at radius 2 is 1.81 bits per heavy atom. The SMILES string of the molecule is CS(=O)(=O)c1cc(F)c(CN(CCNC2CCN(C(=O)O)CC2)C(=O)OCc2ccccc2)cc1F. The summed E-state index contributed by atoms with van der Waals surface area (Å²) in [6, 6.07) is 10.4. The third kappa shape index (κ3) is 7.62. The van der Waals surface area contributed by atoms with Gasteiger partial charge < -0.3 is 25.0 Å². The number of piperidine rings is 1. The van der Waals surface area contributed by atoms with Crippen molar-refractivity contribution in [2.45, 2.75) is 36.9 Å². The summed E-state index contributed by atoms with van der Waals surface area (Å²) in [4.78, 5) is 25.7. The van der Waals surface area contributed by atoms with Crippen LogP contribution < -0.4 is 5.32 Å². The van der Waals surface area contributed by atoms with E-state index in [1.165, 1.54) is 9.80 Å². The first-order valence-corrected chi connectivity index (χ1v) is 13.3. The summed E-state index contributed by atoms with van der Waals surface area (Å²) in [6.45, 7) is 0.853. The van der Waals surface area contributed by atoms with Gasteiger partial charge >= 0.3 is 12.2 Å². The molecule has 0 aromatic heterocycles. The molecule has 0 radical (unpaired) electrons. The molecule has 9 nitrogen and oxygen atoms in total. The first-order chi connectivity index (χ1) is 17.0. The van der Waals surface area contributed by atoms with Gasteiger partial charge in [-0.25, -0.2) is 26.8 Å². The highest BCUT2D eigenvalue weighted by Gasteiger charge is 2.24. The first kappa shape index (κ1) is 27.3. The molecule has 0 aliphatic carbocycles. The fraction of sp³-hybridized carbons (Fsp3) is 0.417. The van der Waals surface area contributed by atoms with Crippen molar-refractivity contribution in [1.82, 2.24) is 15.1 Å². The Kier molecular flexibility index (Phi) is 9.21. The van der Waals surface area contributed by atoms with Crippen molar-refractivity contribution in [2.24, 2.45) is 0 Å². The molecule has 2 amide bonds. The van der Waals surface area contributed by atoms with Crippen LogP contribution in [-0.4, -0.2) is 74.0 Å². The number of carboxylic acid groups (broad SMARTS) is 1. The molecule has 2 aromatic rings. The second-order valence-electron chi connectivity index (χ2n) is 8.61. The van der Waals surface area contributed by atoms with Crippen LogP contribution in [0, 0.1) is 11.6 Å². The third-order valence-corrected chi connectivity index (χ3v) is 7.02. The monoisotopic (exact) mass is 525 g/mol. The van der Waals surface area contributed by atoms with Gasteiger partial charge in [-0.3, -0.25) is 0 Å². The third-order valence-electron chi connectivity index (χ3n) is 5.91. The predicted octanol–water partition coefficient (Wildman–Crippen LogP) is 3.24. The quantitative estimate of drug-likeness (QED) is 0.516. The smallest absolute Gasteiger partial charge is 0.410 e. The number of hydrogen-bond acceptors (Lipinski definition) is 6. The Hall–Kier alpha value is -3.25. The molecule has 1 aliphatic rings. The molecular formula is C24H29F2N3O6S. The summed E-state index contributed by atoms with van der Waals surface area (Å²) in [5.41, 5.74) is 0.565. The normalized spacial score (nSPS) is 14.5. The van der Waals surface area contributed by atoms with Crippen LogP contribution in [0.3, 0.4) is 0 Å². The lowest BCUT2D eigenvalue weighted by Crippen LogP contribution is -2.46. The van der Waals surface area contributed by atoms with Gasteiger partial charge in [-0.05, 0) is 30.5 Å². The van der Waals surface area contributed by atoms with Crippen molar-refractivity contribution >= 4 is 22.0 Å². The Morgan fingerprint density at radius 3 is 2.42 bits per heavy atom. The highest BCUT2D eigenvalue weighted by Crippen LogP contribution is 2.21. The molecule has 1 aliphatic heterocycles. The molecule has 1 fully saturated rings. The van der Waals surface area contributed by atoms with Crippen LogP contribution in [0.25, 0.3) is 0 Å². The minimum absolute atomic E-state index is 0.0128. The van der Waals surface area contributed by atoms with E-state index in [4.69, 9.17) is 9.84 Å². The van der Waals surface area contributed by atoms with Gasteiger partial charge in [-0.15, -0.1) is 0 Å². The van der Waals surface area contributed by atoms with E-state index in [2.05, 4.69) is 5.32 Å². The van der Waals surface area contributed by atoms with Crippen LogP contribution in [0.1, 0.15) is 24.0 Å². The number of carbonyl (C=O) groups is 2. The standard InChI is InChI=1S/C24H29F2N3O6S/c1-36(33,34)22-14-20(25)18(13-21(22)26)15-29(24(32)35-16-17-5-3-2-4-6-17)12-9-27-19-7-10-28(11-8-19)23(30)31/h2-6,13-14,19,27H,7-12,15-16H2,1H3,(H,30,31). The Bertz CT molecular complexity index is 1170. The molecule has 0 bridgehead atoms. The van der Waals surface area contributed by atoms with Gasteiger partial charge in [0.2, 0.25) is 0 Å². The number of hydrogen-bond donors (Lipinski definition) is 2. The van der Waals surface area contributed by atoms with Crippen molar-refractivity contribution in [3.05, 3.63) is 65.2 Å². The molecule has 196 valence electrons. The molecule has 0 atom stereocenters.